The Bertz CT molecular complexity index is 595. The van der Waals surface area contributed by atoms with Crippen LogP contribution in [0.3, 0.4) is 0 Å². The Morgan fingerprint density at radius 3 is 3.24 bits per heavy atom. The molecule has 2 atom stereocenters. The molecule has 8 heteroatoms. The molecule has 1 amide bonds. The zero-order valence-electron chi connectivity index (χ0n) is 11.7. The maximum absolute atomic E-state index is 12.0. The van der Waals surface area contributed by atoms with Gasteiger partial charge in [0.15, 0.2) is 5.75 Å². The zero-order valence-corrected chi connectivity index (χ0v) is 11.7. The molecule has 3 heterocycles. The molecule has 2 aromatic rings. The Kier molecular flexibility index (Phi) is 3.87. The third-order valence-corrected chi connectivity index (χ3v) is 3.23. The Labute approximate surface area is 121 Å². The fraction of sp³-hybridized carbons (Fsp3) is 0.462. The normalized spacial score (nSPS) is 21.4. The summed E-state index contributed by atoms with van der Waals surface area (Å²) in [6.07, 6.45) is 6.73. The van der Waals surface area contributed by atoms with E-state index in [1.54, 1.807) is 29.5 Å². The van der Waals surface area contributed by atoms with E-state index in [0.29, 0.717) is 24.8 Å². The van der Waals surface area contributed by atoms with Crippen LogP contribution in [-0.4, -0.2) is 51.0 Å². The molecule has 1 aliphatic heterocycles. The van der Waals surface area contributed by atoms with Gasteiger partial charge in [0.25, 0.3) is 0 Å². The number of hydrogen-bond acceptors (Lipinski definition) is 5. The second-order valence-corrected chi connectivity index (χ2v) is 4.93. The van der Waals surface area contributed by atoms with Gasteiger partial charge in [-0.05, 0) is 0 Å². The van der Waals surface area contributed by atoms with Crippen LogP contribution in [0.2, 0.25) is 0 Å². The van der Waals surface area contributed by atoms with Gasteiger partial charge in [-0.2, -0.15) is 5.10 Å². The molecule has 0 spiro atoms. The minimum absolute atomic E-state index is 0.111. The summed E-state index contributed by atoms with van der Waals surface area (Å²) in [5.41, 5.74) is 0. The van der Waals surface area contributed by atoms with Crippen LogP contribution < -0.4 is 10.1 Å². The van der Waals surface area contributed by atoms with Crippen LogP contribution in [0.25, 0.3) is 0 Å². The van der Waals surface area contributed by atoms with Crippen LogP contribution in [0.4, 0.5) is 0 Å². The number of aromatic amines is 1. The van der Waals surface area contributed by atoms with Crippen molar-refractivity contribution in [1.82, 2.24) is 25.1 Å². The molecule has 0 radical (unpaired) electrons. The predicted molar refractivity (Wildman–Crippen MR) is 72.7 cm³/mol. The van der Waals surface area contributed by atoms with E-state index in [9.17, 15) is 4.79 Å². The molecule has 0 saturated carbocycles. The van der Waals surface area contributed by atoms with Gasteiger partial charge in [0, 0.05) is 19.4 Å². The number of ether oxygens (including phenoxy) is 2. The third kappa shape index (κ3) is 3.40. The summed E-state index contributed by atoms with van der Waals surface area (Å²) >= 11 is 0. The molecular formula is C13H17N5O3. The van der Waals surface area contributed by atoms with Gasteiger partial charge in [0.1, 0.15) is 11.9 Å². The number of nitrogens with one attached hydrogen (secondary N) is 2. The van der Waals surface area contributed by atoms with Gasteiger partial charge in [-0.25, -0.2) is 4.98 Å². The highest BCUT2D eigenvalue weighted by molar-refractivity contribution is 5.78. The first-order valence-electron chi connectivity index (χ1n) is 6.71. The molecule has 21 heavy (non-hydrogen) atoms. The molecule has 2 N–H and O–H groups in total. The van der Waals surface area contributed by atoms with Crippen molar-refractivity contribution >= 4 is 5.91 Å². The van der Waals surface area contributed by atoms with Crippen LogP contribution >= 0.6 is 0 Å². The van der Waals surface area contributed by atoms with Crippen molar-refractivity contribution in [2.24, 2.45) is 7.05 Å². The first kappa shape index (κ1) is 13.6. The van der Waals surface area contributed by atoms with Crippen molar-refractivity contribution in [1.29, 1.82) is 0 Å². The second-order valence-electron chi connectivity index (χ2n) is 4.93. The lowest BCUT2D eigenvalue weighted by Crippen LogP contribution is -2.45. The van der Waals surface area contributed by atoms with Crippen LogP contribution in [0.15, 0.2) is 24.8 Å². The lowest BCUT2D eigenvalue weighted by Gasteiger charge is -2.19. The van der Waals surface area contributed by atoms with E-state index in [4.69, 9.17) is 9.47 Å². The van der Waals surface area contributed by atoms with Gasteiger partial charge in [0.05, 0.1) is 38.1 Å². The van der Waals surface area contributed by atoms with E-state index in [2.05, 4.69) is 20.4 Å². The van der Waals surface area contributed by atoms with Gasteiger partial charge in [0.2, 0.25) is 5.91 Å². The standard InChI is InChI=1S/C13H17N5O3/c1-18-6-9(5-16-18)21-11-8-20-7-10(11)17-13(19)4-12-14-2-3-15-12/h2-3,5-6,10-11H,4,7-8H2,1H3,(H,14,15)(H,17,19)/t10-,11+/m0/s1. The van der Waals surface area contributed by atoms with E-state index in [1.807, 2.05) is 7.05 Å². The monoisotopic (exact) mass is 291 g/mol. The van der Waals surface area contributed by atoms with Gasteiger partial charge < -0.3 is 19.8 Å². The number of imidazole rings is 1. The summed E-state index contributed by atoms with van der Waals surface area (Å²) in [6, 6.07) is -0.173. The quantitative estimate of drug-likeness (QED) is 0.785. The topological polar surface area (TPSA) is 94.1 Å². The first-order chi connectivity index (χ1) is 10.2. The van der Waals surface area contributed by atoms with Crippen LogP contribution in [0.1, 0.15) is 5.82 Å². The Hall–Kier alpha value is -2.35. The van der Waals surface area contributed by atoms with Gasteiger partial charge >= 0.3 is 0 Å². The average Bonchev–Trinajstić information content (AvgIpc) is 3.15. The van der Waals surface area contributed by atoms with Crippen molar-refractivity contribution in [3.05, 3.63) is 30.6 Å². The Morgan fingerprint density at radius 2 is 2.52 bits per heavy atom. The van der Waals surface area contributed by atoms with Crippen molar-refractivity contribution in [3.63, 3.8) is 0 Å². The third-order valence-electron chi connectivity index (χ3n) is 3.23. The van der Waals surface area contributed by atoms with Crippen LogP contribution in [0.5, 0.6) is 5.75 Å². The summed E-state index contributed by atoms with van der Waals surface area (Å²) < 4.78 is 12.9. The summed E-state index contributed by atoms with van der Waals surface area (Å²) in [7, 11) is 1.82. The van der Waals surface area contributed by atoms with E-state index in [0.717, 1.165) is 0 Å². The van der Waals surface area contributed by atoms with Crippen molar-refractivity contribution in [3.8, 4) is 5.75 Å². The number of rotatable bonds is 5. The molecule has 0 aromatic carbocycles. The molecule has 1 saturated heterocycles. The van der Waals surface area contributed by atoms with Crippen LogP contribution in [-0.2, 0) is 23.0 Å². The maximum atomic E-state index is 12.0. The van der Waals surface area contributed by atoms with Crippen LogP contribution in [0, 0.1) is 0 Å². The van der Waals surface area contributed by atoms with Crippen molar-refractivity contribution in [2.75, 3.05) is 13.2 Å². The zero-order chi connectivity index (χ0) is 14.7. The number of carbonyl (C=O) groups is 1. The molecule has 0 bridgehead atoms. The number of hydrogen-bond donors (Lipinski definition) is 2. The van der Waals surface area contributed by atoms with Gasteiger partial charge in [-0.15, -0.1) is 0 Å². The number of aromatic nitrogens is 4. The lowest BCUT2D eigenvalue weighted by atomic mass is 10.2. The summed E-state index contributed by atoms with van der Waals surface area (Å²) in [5.74, 6) is 1.19. The van der Waals surface area contributed by atoms with Gasteiger partial charge in [-0.1, -0.05) is 0 Å². The predicted octanol–water partition coefficient (Wildman–Crippen LogP) is -0.352. The molecule has 8 nitrogen and oxygen atoms in total. The molecule has 1 aliphatic rings. The minimum Gasteiger partial charge on any atom is -0.482 e. The fourth-order valence-corrected chi connectivity index (χ4v) is 2.22. The molecule has 112 valence electrons. The van der Waals surface area contributed by atoms with E-state index < -0.39 is 0 Å². The number of amides is 1. The lowest BCUT2D eigenvalue weighted by molar-refractivity contribution is -0.121. The highest BCUT2D eigenvalue weighted by atomic mass is 16.5. The molecule has 3 rings (SSSR count). The van der Waals surface area contributed by atoms with Gasteiger partial charge in [-0.3, -0.25) is 9.48 Å². The summed E-state index contributed by atoms with van der Waals surface area (Å²) in [6.45, 7) is 0.884. The van der Waals surface area contributed by atoms with E-state index >= 15 is 0 Å². The molecule has 1 fully saturated rings. The summed E-state index contributed by atoms with van der Waals surface area (Å²) in [4.78, 5) is 18.9. The van der Waals surface area contributed by atoms with Crippen molar-refractivity contribution < 1.29 is 14.3 Å². The Morgan fingerprint density at radius 1 is 1.62 bits per heavy atom. The highest BCUT2D eigenvalue weighted by Crippen LogP contribution is 2.16. The molecule has 0 aliphatic carbocycles. The number of carbonyl (C=O) groups excluding carboxylic acids is 1. The molecular weight excluding hydrogens is 274 g/mol. The molecule has 0 unspecified atom stereocenters. The Balaban J connectivity index is 1.55. The number of nitrogens with zero attached hydrogens (tertiary/aromatic N) is 3. The number of H-pyrrole nitrogens is 1. The highest BCUT2D eigenvalue weighted by Gasteiger charge is 2.31. The van der Waals surface area contributed by atoms with E-state index in [1.165, 1.54) is 0 Å². The largest absolute Gasteiger partial charge is 0.482 e. The average molecular weight is 291 g/mol. The number of aryl methyl sites for hydroxylation is 1. The SMILES string of the molecule is Cn1cc(O[C@@H]2COC[C@@H]2NC(=O)Cc2ncc[nH]2)cn1. The molecule has 2 aromatic heterocycles. The van der Waals surface area contributed by atoms with E-state index in [-0.39, 0.29) is 24.5 Å². The minimum atomic E-state index is -0.213. The van der Waals surface area contributed by atoms with Crippen molar-refractivity contribution in [2.45, 2.75) is 18.6 Å². The maximum Gasteiger partial charge on any atom is 0.228 e. The first-order valence-corrected chi connectivity index (χ1v) is 6.71. The summed E-state index contributed by atoms with van der Waals surface area (Å²) in [5, 5.41) is 6.96. The fourth-order valence-electron chi connectivity index (χ4n) is 2.22. The smallest absolute Gasteiger partial charge is 0.228 e. The second kappa shape index (κ2) is 5.96.